The zero-order chi connectivity index (χ0) is 9.64. The zero-order valence-electron chi connectivity index (χ0n) is 8.93. The van der Waals surface area contributed by atoms with Gasteiger partial charge in [-0.3, -0.25) is 0 Å². The molecule has 2 unspecified atom stereocenters. The van der Waals surface area contributed by atoms with Gasteiger partial charge in [-0.15, -0.1) is 0 Å². The molecular weight excluding hydrogens is 176 g/mol. The van der Waals surface area contributed by atoms with Crippen LogP contribution in [0.1, 0.15) is 25.7 Å². The van der Waals surface area contributed by atoms with Gasteiger partial charge in [-0.25, -0.2) is 0 Å². The predicted octanol–water partition coefficient (Wildman–Crippen LogP) is 0.755. The van der Waals surface area contributed by atoms with Crippen LogP contribution in [0.2, 0.25) is 0 Å². The fraction of sp³-hybridized carbons (Fsp3) is 1.00. The largest absolute Gasteiger partial charge is 0.381 e. The second kappa shape index (κ2) is 5.69. The van der Waals surface area contributed by atoms with Crippen molar-refractivity contribution in [2.45, 2.75) is 31.7 Å². The van der Waals surface area contributed by atoms with E-state index in [-0.39, 0.29) is 0 Å². The first-order valence-electron chi connectivity index (χ1n) is 5.97. The SMILES string of the molecule is C1CNC(CNCCC2CCOC2)C1. The lowest BCUT2D eigenvalue weighted by Crippen LogP contribution is -2.34. The molecule has 0 aromatic carbocycles. The Morgan fingerprint density at radius 3 is 3.07 bits per heavy atom. The molecule has 2 N–H and O–H groups in total. The van der Waals surface area contributed by atoms with Crippen LogP contribution in [0.5, 0.6) is 0 Å². The average Bonchev–Trinajstić information content (AvgIpc) is 2.86. The van der Waals surface area contributed by atoms with E-state index in [0.29, 0.717) is 0 Å². The van der Waals surface area contributed by atoms with Gasteiger partial charge < -0.3 is 15.4 Å². The van der Waals surface area contributed by atoms with Crippen LogP contribution in [0.4, 0.5) is 0 Å². The molecule has 0 radical (unpaired) electrons. The Morgan fingerprint density at radius 1 is 1.36 bits per heavy atom. The third-order valence-corrected chi connectivity index (χ3v) is 3.31. The maximum Gasteiger partial charge on any atom is 0.0495 e. The minimum Gasteiger partial charge on any atom is -0.381 e. The van der Waals surface area contributed by atoms with Crippen molar-refractivity contribution in [3.05, 3.63) is 0 Å². The van der Waals surface area contributed by atoms with Crippen molar-refractivity contribution >= 4 is 0 Å². The summed E-state index contributed by atoms with van der Waals surface area (Å²) in [6.07, 6.45) is 5.25. The quantitative estimate of drug-likeness (QED) is 0.640. The maximum absolute atomic E-state index is 5.35. The third-order valence-electron chi connectivity index (χ3n) is 3.31. The summed E-state index contributed by atoms with van der Waals surface area (Å²) in [6, 6.07) is 0.731. The number of hydrogen-bond acceptors (Lipinski definition) is 3. The van der Waals surface area contributed by atoms with Crippen molar-refractivity contribution in [3.63, 3.8) is 0 Å². The Kier molecular flexibility index (Phi) is 4.22. The van der Waals surface area contributed by atoms with Crippen molar-refractivity contribution in [3.8, 4) is 0 Å². The van der Waals surface area contributed by atoms with Gasteiger partial charge in [0.15, 0.2) is 0 Å². The summed E-state index contributed by atoms with van der Waals surface area (Å²) in [5, 5.41) is 7.03. The smallest absolute Gasteiger partial charge is 0.0495 e. The van der Waals surface area contributed by atoms with E-state index in [1.165, 1.54) is 32.2 Å². The molecule has 2 aliphatic heterocycles. The molecule has 0 bridgehead atoms. The summed E-state index contributed by atoms with van der Waals surface area (Å²) in [5.41, 5.74) is 0. The predicted molar refractivity (Wildman–Crippen MR) is 57.4 cm³/mol. The summed E-state index contributed by atoms with van der Waals surface area (Å²) < 4.78 is 5.35. The number of ether oxygens (including phenoxy) is 1. The van der Waals surface area contributed by atoms with Crippen LogP contribution in [-0.4, -0.2) is 38.9 Å². The van der Waals surface area contributed by atoms with E-state index in [1.807, 2.05) is 0 Å². The third kappa shape index (κ3) is 3.23. The minimum atomic E-state index is 0.731. The maximum atomic E-state index is 5.35. The fourth-order valence-corrected chi connectivity index (χ4v) is 2.32. The standard InChI is InChI=1S/C11H22N2O/c1-2-11(13-5-1)8-12-6-3-10-4-7-14-9-10/h10-13H,1-9H2. The zero-order valence-corrected chi connectivity index (χ0v) is 8.93. The highest BCUT2D eigenvalue weighted by atomic mass is 16.5. The minimum absolute atomic E-state index is 0.731. The Hall–Kier alpha value is -0.120. The lowest BCUT2D eigenvalue weighted by molar-refractivity contribution is 0.184. The molecule has 2 atom stereocenters. The fourth-order valence-electron chi connectivity index (χ4n) is 2.32. The van der Waals surface area contributed by atoms with E-state index >= 15 is 0 Å². The molecule has 0 saturated carbocycles. The molecule has 2 aliphatic rings. The molecule has 0 spiro atoms. The van der Waals surface area contributed by atoms with Crippen LogP contribution in [-0.2, 0) is 4.74 Å². The van der Waals surface area contributed by atoms with Gasteiger partial charge in [-0.2, -0.15) is 0 Å². The molecule has 2 saturated heterocycles. The molecule has 2 rings (SSSR count). The van der Waals surface area contributed by atoms with E-state index in [4.69, 9.17) is 4.74 Å². The number of hydrogen-bond donors (Lipinski definition) is 2. The lowest BCUT2D eigenvalue weighted by Gasteiger charge is -2.12. The van der Waals surface area contributed by atoms with Crippen LogP contribution in [0.15, 0.2) is 0 Å². The molecular formula is C11H22N2O. The van der Waals surface area contributed by atoms with Gasteiger partial charge in [0.25, 0.3) is 0 Å². The van der Waals surface area contributed by atoms with Gasteiger partial charge in [-0.1, -0.05) is 0 Å². The first kappa shape index (κ1) is 10.4. The van der Waals surface area contributed by atoms with E-state index in [1.54, 1.807) is 0 Å². The molecule has 0 amide bonds. The highest BCUT2D eigenvalue weighted by Gasteiger charge is 2.16. The van der Waals surface area contributed by atoms with Crippen molar-refractivity contribution < 1.29 is 4.74 Å². The van der Waals surface area contributed by atoms with Crippen LogP contribution >= 0.6 is 0 Å². The summed E-state index contributed by atoms with van der Waals surface area (Å²) in [7, 11) is 0. The molecule has 14 heavy (non-hydrogen) atoms. The highest BCUT2D eigenvalue weighted by molar-refractivity contribution is 4.76. The lowest BCUT2D eigenvalue weighted by atomic mass is 10.1. The molecule has 2 heterocycles. The van der Waals surface area contributed by atoms with Crippen molar-refractivity contribution in [1.82, 2.24) is 10.6 Å². The molecule has 2 fully saturated rings. The number of rotatable bonds is 5. The first-order chi connectivity index (χ1) is 6.95. The van der Waals surface area contributed by atoms with Gasteiger partial charge in [-0.05, 0) is 44.7 Å². The van der Waals surface area contributed by atoms with Gasteiger partial charge in [0, 0.05) is 25.8 Å². The molecule has 3 heteroatoms. The first-order valence-corrected chi connectivity index (χ1v) is 5.97. The summed E-state index contributed by atoms with van der Waals surface area (Å²) in [4.78, 5) is 0. The average molecular weight is 198 g/mol. The second-order valence-corrected chi connectivity index (χ2v) is 4.52. The summed E-state index contributed by atoms with van der Waals surface area (Å²) in [5.74, 6) is 0.819. The topological polar surface area (TPSA) is 33.3 Å². The van der Waals surface area contributed by atoms with E-state index in [9.17, 15) is 0 Å². The van der Waals surface area contributed by atoms with Crippen LogP contribution in [0, 0.1) is 5.92 Å². The molecule has 0 aliphatic carbocycles. The van der Waals surface area contributed by atoms with E-state index in [2.05, 4.69) is 10.6 Å². The monoisotopic (exact) mass is 198 g/mol. The second-order valence-electron chi connectivity index (χ2n) is 4.52. The summed E-state index contributed by atoms with van der Waals surface area (Å²) in [6.45, 7) is 5.49. The van der Waals surface area contributed by atoms with Crippen LogP contribution in [0.25, 0.3) is 0 Å². The Labute approximate surface area is 86.6 Å². The Morgan fingerprint density at radius 2 is 2.36 bits per heavy atom. The normalized spacial score (nSPS) is 32.6. The Balaban J connectivity index is 1.46. The molecule has 3 nitrogen and oxygen atoms in total. The Bertz CT molecular complexity index is 133. The van der Waals surface area contributed by atoms with Crippen molar-refractivity contribution in [2.24, 2.45) is 5.92 Å². The molecule has 0 aromatic rings. The van der Waals surface area contributed by atoms with Crippen molar-refractivity contribution in [1.29, 1.82) is 0 Å². The van der Waals surface area contributed by atoms with E-state index < -0.39 is 0 Å². The van der Waals surface area contributed by atoms with Gasteiger partial charge in [0.05, 0.1) is 0 Å². The van der Waals surface area contributed by atoms with Crippen molar-refractivity contribution in [2.75, 3.05) is 32.8 Å². The van der Waals surface area contributed by atoms with Gasteiger partial charge >= 0.3 is 0 Å². The molecule has 0 aromatic heterocycles. The van der Waals surface area contributed by atoms with Gasteiger partial charge in [0.1, 0.15) is 0 Å². The summed E-state index contributed by atoms with van der Waals surface area (Å²) >= 11 is 0. The van der Waals surface area contributed by atoms with E-state index in [0.717, 1.165) is 38.3 Å². The van der Waals surface area contributed by atoms with Crippen LogP contribution in [0.3, 0.4) is 0 Å². The highest BCUT2D eigenvalue weighted by Crippen LogP contribution is 2.15. The van der Waals surface area contributed by atoms with Crippen LogP contribution < -0.4 is 10.6 Å². The molecule has 82 valence electrons. The van der Waals surface area contributed by atoms with Gasteiger partial charge in [0.2, 0.25) is 0 Å². The number of nitrogens with one attached hydrogen (secondary N) is 2.